The van der Waals surface area contributed by atoms with Gasteiger partial charge in [0.2, 0.25) is 0 Å². The smallest absolute Gasteiger partial charge is 0.191 e. The molecule has 1 aliphatic rings. The lowest BCUT2D eigenvalue weighted by Crippen LogP contribution is -2.14. The summed E-state index contributed by atoms with van der Waals surface area (Å²) < 4.78 is 33.3. The van der Waals surface area contributed by atoms with Gasteiger partial charge in [0.15, 0.2) is 26.6 Å². The fourth-order valence-electron chi connectivity index (χ4n) is 4.52. The van der Waals surface area contributed by atoms with E-state index < -0.39 is 9.84 Å². The zero-order valence-electron chi connectivity index (χ0n) is 19.2. The van der Waals surface area contributed by atoms with Gasteiger partial charge in [-0.2, -0.15) is 0 Å². The monoisotopic (exact) mass is 488 g/mol. The number of aromatic nitrogens is 4. The maximum atomic E-state index is 13.1. The number of hydrogen-bond donors (Lipinski definition) is 0. The van der Waals surface area contributed by atoms with Crippen LogP contribution in [-0.4, -0.2) is 57.9 Å². The van der Waals surface area contributed by atoms with Gasteiger partial charge in [-0.05, 0) is 45.4 Å². The predicted molar refractivity (Wildman–Crippen MR) is 129 cm³/mol. The standard InChI is InChI=1S/C23H28N4O4S2/c1-5-26-22(18-8-6-7-9-21(18)31-4)24-25-23(26)32-13-20(28)19-12-15(2)27(16(19)3)17-10-11-33(29,30)14-17/h6-9,12,17H,5,10-11,13-14H2,1-4H3. The molecule has 176 valence electrons. The van der Waals surface area contributed by atoms with Crippen LogP contribution in [0, 0.1) is 13.8 Å². The molecule has 1 unspecified atom stereocenters. The van der Waals surface area contributed by atoms with E-state index in [4.69, 9.17) is 4.74 Å². The van der Waals surface area contributed by atoms with E-state index in [-0.39, 0.29) is 29.1 Å². The lowest BCUT2D eigenvalue weighted by Gasteiger charge is -2.16. The molecule has 0 amide bonds. The van der Waals surface area contributed by atoms with E-state index in [9.17, 15) is 13.2 Å². The van der Waals surface area contributed by atoms with Crippen molar-refractivity contribution in [3.8, 4) is 17.1 Å². The minimum absolute atomic E-state index is 0.00954. The van der Waals surface area contributed by atoms with Crippen LogP contribution in [0.2, 0.25) is 0 Å². The van der Waals surface area contributed by atoms with Crippen LogP contribution in [0.5, 0.6) is 5.75 Å². The summed E-state index contributed by atoms with van der Waals surface area (Å²) in [6.45, 7) is 6.48. The highest BCUT2D eigenvalue weighted by Crippen LogP contribution is 2.32. The number of thioether (sulfide) groups is 1. The molecule has 0 N–H and O–H groups in total. The number of rotatable bonds is 8. The number of Topliss-reactive ketones (excluding diaryl/α,β-unsaturated/α-hetero) is 1. The number of methoxy groups -OCH3 is 1. The summed E-state index contributed by atoms with van der Waals surface area (Å²) in [6, 6.07) is 9.41. The molecule has 8 nitrogen and oxygen atoms in total. The Morgan fingerprint density at radius 3 is 2.67 bits per heavy atom. The van der Waals surface area contributed by atoms with Crippen LogP contribution >= 0.6 is 11.8 Å². The summed E-state index contributed by atoms with van der Waals surface area (Å²) in [4.78, 5) is 13.1. The minimum Gasteiger partial charge on any atom is -0.496 e. The van der Waals surface area contributed by atoms with Gasteiger partial charge in [0.05, 0.1) is 29.9 Å². The van der Waals surface area contributed by atoms with E-state index in [1.807, 2.05) is 60.2 Å². The van der Waals surface area contributed by atoms with Crippen LogP contribution in [0.25, 0.3) is 11.4 Å². The highest BCUT2D eigenvalue weighted by molar-refractivity contribution is 7.99. The zero-order chi connectivity index (χ0) is 23.8. The Morgan fingerprint density at radius 2 is 2.00 bits per heavy atom. The fraction of sp³-hybridized carbons (Fsp3) is 0.435. The largest absolute Gasteiger partial charge is 0.496 e. The van der Waals surface area contributed by atoms with Crippen LogP contribution in [0.3, 0.4) is 0 Å². The number of benzene rings is 1. The molecule has 1 fully saturated rings. The number of nitrogens with zero attached hydrogens (tertiary/aromatic N) is 4. The van der Waals surface area contributed by atoms with Crippen molar-refractivity contribution in [1.82, 2.24) is 19.3 Å². The van der Waals surface area contributed by atoms with Gasteiger partial charge in [-0.15, -0.1) is 10.2 Å². The Labute approximate surface area is 198 Å². The molecule has 33 heavy (non-hydrogen) atoms. The molecule has 1 aromatic carbocycles. The number of sulfone groups is 1. The zero-order valence-corrected chi connectivity index (χ0v) is 20.9. The summed E-state index contributed by atoms with van der Waals surface area (Å²) in [7, 11) is -1.38. The molecule has 2 aromatic heterocycles. The molecule has 1 atom stereocenters. The minimum atomic E-state index is -3.00. The highest BCUT2D eigenvalue weighted by atomic mass is 32.2. The Balaban J connectivity index is 1.53. The second-order valence-corrected chi connectivity index (χ2v) is 11.3. The quantitative estimate of drug-likeness (QED) is 0.352. The molecule has 0 spiro atoms. The van der Waals surface area contributed by atoms with Crippen LogP contribution in [0.1, 0.15) is 41.1 Å². The molecular weight excluding hydrogens is 460 g/mol. The van der Waals surface area contributed by atoms with Crippen molar-refractivity contribution in [2.24, 2.45) is 0 Å². The van der Waals surface area contributed by atoms with Crippen molar-refractivity contribution < 1.29 is 17.9 Å². The van der Waals surface area contributed by atoms with E-state index in [1.165, 1.54) is 11.8 Å². The van der Waals surface area contributed by atoms with Gasteiger partial charge in [0.1, 0.15) is 5.75 Å². The highest BCUT2D eigenvalue weighted by Gasteiger charge is 2.31. The maximum absolute atomic E-state index is 13.1. The maximum Gasteiger partial charge on any atom is 0.191 e. The van der Waals surface area contributed by atoms with Crippen LogP contribution in [0.4, 0.5) is 0 Å². The van der Waals surface area contributed by atoms with Gasteiger partial charge in [-0.3, -0.25) is 4.79 Å². The lowest BCUT2D eigenvalue weighted by atomic mass is 10.2. The number of aryl methyl sites for hydroxylation is 1. The first-order valence-electron chi connectivity index (χ1n) is 10.9. The Morgan fingerprint density at radius 1 is 1.24 bits per heavy atom. The van der Waals surface area contributed by atoms with Crippen molar-refractivity contribution in [1.29, 1.82) is 0 Å². The lowest BCUT2D eigenvalue weighted by molar-refractivity contribution is 0.102. The molecule has 0 aliphatic carbocycles. The van der Waals surface area contributed by atoms with Crippen molar-refractivity contribution in [2.45, 2.75) is 44.9 Å². The molecular formula is C23H28N4O4S2. The van der Waals surface area contributed by atoms with Crippen LogP contribution in [0.15, 0.2) is 35.5 Å². The SMILES string of the molecule is CCn1c(SCC(=O)c2cc(C)n(C3CCS(=O)(=O)C3)c2C)nnc1-c1ccccc1OC. The van der Waals surface area contributed by atoms with Gasteiger partial charge in [-0.1, -0.05) is 23.9 Å². The topological polar surface area (TPSA) is 96.1 Å². The predicted octanol–water partition coefficient (Wildman–Crippen LogP) is 3.73. The van der Waals surface area contributed by atoms with Crippen LogP contribution in [-0.2, 0) is 16.4 Å². The summed E-state index contributed by atoms with van der Waals surface area (Å²) in [5.41, 5.74) is 3.23. The summed E-state index contributed by atoms with van der Waals surface area (Å²) in [6.07, 6.45) is 0.590. The van der Waals surface area contributed by atoms with E-state index in [0.29, 0.717) is 35.3 Å². The molecule has 4 rings (SSSR count). The van der Waals surface area contributed by atoms with Gasteiger partial charge in [-0.25, -0.2) is 8.42 Å². The van der Waals surface area contributed by atoms with Gasteiger partial charge < -0.3 is 13.9 Å². The van der Waals surface area contributed by atoms with E-state index in [2.05, 4.69) is 10.2 Å². The number of ether oxygens (including phenoxy) is 1. The Hall–Kier alpha value is -2.59. The normalized spacial score (nSPS) is 17.4. The molecule has 0 bridgehead atoms. The first-order valence-corrected chi connectivity index (χ1v) is 13.7. The molecule has 1 saturated heterocycles. The third kappa shape index (κ3) is 4.59. The van der Waals surface area contributed by atoms with E-state index in [1.54, 1.807) is 7.11 Å². The number of para-hydroxylation sites is 1. The van der Waals surface area contributed by atoms with Crippen molar-refractivity contribution in [3.05, 3.63) is 47.3 Å². The summed E-state index contributed by atoms with van der Waals surface area (Å²) >= 11 is 1.35. The third-order valence-corrected chi connectivity index (χ3v) is 8.79. The Bertz CT molecular complexity index is 1290. The number of carbonyl (C=O) groups excluding carboxylic acids is 1. The summed E-state index contributed by atoms with van der Waals surface area (Å²) in [5.74, 6) is 1.97. The Kier molecular flexibility index (Phi) is 6.67. The first-order chi connectivity index (χ1) is 15.8. The first kappa shape index (κ1) is 23.6. The average molecular weight is 489 g/mol. The van der Waals surface area contributed by atoms with Gasteiger partial charge in [0, 0.05) is 29.5 Å². The van der Waals surface area contributed by atoms with Crippen molar-refractivity contribution >= 4 is 27.4 Å². The molecule has 3 heterocycles. The van der Waals surface area contributed by atoms with Crippen LogP contribution < -0.4 is 4.74 Å². The fourth-order valence-corrected chi connectivity index (χ4v) is 7.10. The average Bonchev–Trinajstić information content (AvgIpc) is 3.46. The third-order valence-electron chi connectivity index (χ3n) is 6.07. The van der Waals surface area contributed by atoms with Gasteiger partial charge in [0.25, 0.3) is 0 Å². The molecule has 1 aliphatic heterocycles. The number of hydrogen-bond acceptors (Lipinski definition) is 7. The second-order valence-electron chi connectivity index (χ2n) is 8.17. The number of carbonyl (C=O) groups is 1. The molecule has 0 saturated carbocycles. The second kappa shape index (κ2) is 9.34. The molecule has 0 radical (unpaired) electrons. The molecule has 10 heteroatoms. The van der Waals surface area contributed by atoms with Crippen molar-refractivity contribution in [2.75, 3.05) is 24.4 Å². The van der Waals surface area contributed by atoms with E-state index >= 15 is 0 Å². The van der Waals surface area contributed by atoms with E-state index in [0.717, 1.165) is 17.0 Å². The number of ketones is 1. The van der Waals surface area contributed by atoms with Gasteiger partial charge >= 0.3 is 0 Å². The van der Waals surface area contributed by atoms with Crippen molar-refractivity contribution in [3.63, 3.8) is 0 Å². The summed E-state index contributed by atoms with van der Waals surface area (Å²) in [5, 5.41) is 9.35. The molecule has 3 aromatic rings.